The molecule has 0 amide bonds. The molecule has 1 heterocycles. The average Bonchev–Trinajstić information content (AvgIpc) is 2.51. The van der Waals surface area contributed by atoms with Gasteiger partial charge in [0.1, 0.15) is 0 Å². The summed E-state index contributed by atoms with van der Waals surface area (Å²) >= 11 is 0. The molecule has 82 valence electrons. The van der Waals surface area contributed by atoms with Crippen LogP contribution < -0.4 is 0 Å². The molecule has 0 spiro atoms. The van der Waals surface area contributed by atoms with E-state index in [4.69, 9.17) is 9.47 Å². The maximum absolute atomic E-state index is 5.77. The first-order valence-electron chi connectivity index (χ1n) is 6.13. The molecule has 2 heteroatoms. The summed E-state index contributed by atoms with van der Waals surface area (Å²) < 4.78 is 11.5. The highest BCUT2D eigenvalue weighted by atomic mass is 16.7. The van der Waals surface area contributed by atoms with Crippen molar-refractivity contribution in [1.29, 1.82) is 0 Å². The number of hydrogen-bond donors (Lipinski definition) is 0. The van der Waals surface area contributed by atoms with Crippen LogP contribution in [0.4, 0.5) is 0 Å². The molecule has 1 aliphatic heterocycles. The van der Waals surface area contributed by atoms with Crippen LogP contribution in [0.2, 0.25) is 0 Å². The summed E-state index contributed by atoms with van der Waals surface area (Å²) in [7, 11) is 0. The lowest BCUT2D eigenvalue weighted by Gasteiger charge is -2.24. The second-order valence-corrected chi connectivity index (χ2v) is 4.75. The molecule has 0 bridgehead atoms. The number of ether oxygens (including phenoxy) is 2. The molecule has 0 N–H and O–H groups in total. The molecule has 0 aromatic heterocycles. The molecule has 2 unspecified atom stereocenters. The lowest BCUT2D eigenvalue weighted by atomic mass is 9.91. The van der Waals surface area contributed by atoms with E-state index in [0.29, 0.717) is 12.0 Å². The zero-order chi connectivity index (χ0) is 9.80. The lowest BCUT2D eigenvalue weighted by Crippen LogP contribution is -2.23. The van der Waals surface area contributed by atoms with Gasteiger partial charge in [0.2, 0.25) is 0 Å². The van der Waals surface area contributed by atoms with Crippen molar-refractivity contribution in [2.75, 3.05) is 6.61 Å². The van der Waals surface area contributed by atoms with E-state index in [1.807, 2.05) is 0 Å². The number of hydrogen-bond acceptors (Lipinski definition) is 2. The molecule has 2 nitrogen and oxygen atoms in total. The van der Waals surface area contributed by atoms with Crippen molar-refractivity contribution in [2.45, 2.75) is 64.3 Å². The van der Waals surface area contributed by atoms with E-state index in [1.165, 1.54) is 44.9 Å². The van der Waals surface area contributed by atoms with Crippen LogP contribution in [-0.2, 0) is 9.47 Å². The van der Waals surface area contributed by atoms with E-state index < -0.39 is 0 Å². The van der Waals surface area contributed by atoms with Crippen molar-refractivity contribution in [3.05, 3.63) is 0 Å². The van der Waals surface area contributed by atoms with Crippen LogP contribution in [0.25, 0.3) is 0 Å². The first-order valence-corrected chi connectivity index (χ1v) is 6.13. The van der Waals surface area contributed by atoms with Gasteiger partial charge >= 0.3 is 0 Å². The Balaban J connectivity index is 1.81. The third-order valence-corrected chi connectivity index (χ3v) is 3.40. The third kappa shape index (κ3) is 2.71. The second kappa shape index (κ2) is 5.13. The maximum atomic E-state index is 5.77. The Bertz CT molecular complexity index is 162. The van der Waals surface area contributed by atoms with Crippen molar-refractivity contribution in [3.8, 4) is 0 Å². The summed E-state index contributed by atoms with van der Waals surface area (Å²) in [5, 5.41) is 0. The molecule has 2 rings (SSSR count). The fourth-order valence-corrected chi connectivity index (χ4v) is 2.54. The normalized spacial score (nSPS) is 36.6. The van der Waals surface area contributed by atoms with Crippen molar-refractivity contribution in [1.82, 2.24) is 0 Å². The summed E-state index contributed by atoms with van der Waals surface area (Å²) in [6.07, 6.45) is 9.99. The topological polar surface area (TPSA) is 18.5 Å². The first kappa shape index (κ1) is 10.4. The van der Waals surface area contributed by atoms with E-state index >= 15 is 0 Å². The first-order chi connectivity index (χ1) is 6.86. The van der Waals surface area contributed by atoms with E-state index in [0.717, 1.165) is 6.61 Å². The van der Waals surface area contributed by atoms with Gasteiger partial charge < -0.3 is 9.47 Å². The van der Waals surface area contributed by atoms with Gasteiger partial charge in [-0.15, -0.1) is 0 Å². The molecule has 1 aliphatic carbocycles. The molecule has 0 radical (unpaired) electrons. The molecule has 2 aliphatic rings. The van der Waals surface area contributed by atoms with Crippen molar-refractivity contribution in [2.24, 2.45) is 5.92 Å². The van der Waals surface area contributed by atoms with E-state index in [-0.39, 0.29) is 6.29 Å². The average molecular weight is 198 g/mol. The fraction of sp³-hybridized carbons (Fsp3) is 1.00. The summed E-state index contributed by atoms with van der Waals surface area (Å²) in [6.45, 7) is 2.89. The Labute approximate surface area is 87.0 Å². The van der Waals surface area contributed by atoms with Crippen molar-refractivity contribution in [3.63, 3.8) is 0 Å². The van der Waals surface area contributed by atoms with Crippen LogP contribution in [0.15, 0.2) is 0 Å². The van der Waals surface area contributed by atoms with Gasteiger partial charge in [-0.05, 0) is 19.8 Å². The van der Waals surface area contributed by atoms with Crippen LogP contribution in [0.1, 0.15) is 51.9 Å². The Kier molecular flexibility index (Phi) is 3.82. The predicted octanol–water partition coefficient (Wildman–Crippen LogP) is 3.11. The molecule has 0 aromatic rings. The minimum Gasteiger partial charge on any atom is -0.350 e. The van der Waals surface area contributed by atoms with Gasteiger partial charge in [0.15, 0.2) is 6.29 Å². The summed E-state index contributed by atoms with van der Waals surface area (Å²) in [6, 6.07) is 0. The second-order valence-electron chi connectivity index (χ2n) is 4.75. The van der Waals surface area contributed by atoms with E-state index in [2.05, 4.69) is 6.92 Å². The quantitative estimate of drug-likeness (QED) is 0.644. The Morgan fingerprint density at radius 2 is 1.57 bits per heavy atom. The van der Waals surface area contributed by atoms with Gasteiger partial charge in [0, 0.05) is 5.92 Å². The van der Waals surface area contributed by atoms with E-state index in [1.54, 1.807) is 0 Å². The molecule has 2 fully saturated rings. The van der Waals surface area contributed by atoms with Gasteiger partial charge in [-0.3, -0.25) is 0 Å². The Morgan fingerprint density at radius 3 is 2.14 bits per heavy atom. The van der Waals surface area contributed by atoms with Gasteiger partial charge in [0.25, 0.3) is 0 Å². The lowest BCUT2D eigenvalue weighted by molar-refractivity contribution is -0.0997. The maximum Gasteiger partial charge on any atom is 0.160 e. The van der Waals surface area contributed by atoms with Crippen LogP contribution in [0, 0.1) is 5.92 Å². The molecule has 1 saturated heterocycles. The van der Waals surface area contributed by atoms with Crippen molar-refractivity contribution >= 4 is 0 Å². The van der Waals surface area contributed by atoms with Crippen LogP contribution >= 0.6 is 0 Å². The standard InChI is InChI=1S/C12H22O2/c1-10-9-13-12(14-10)11-7-5-3-2-4-6-8-11/h10-12H,2-9H2,1H3. The summed E-state index contributed by atoms with van der Waals surface area (Å²) in [4.78, 5) is 0. The Hall–Kier alpha value is -0.0800. The fourth-order valence-electron chi connectivity index (χ4n) is 2.54. The zero-order valence-corrected chi connectivity index (χ0v) is 9.21. The monoisotopic (exact) mass is 198 g/mol. The van der Waals surface area contributed by atoms with Gasteiger partial charge in [-0.25, -0.2) is 0 Å². The highest BCUT2D eigenvalue weighted by Gasteiger charge is 2.30. The smallest absolute Gasteiger partial charge is 0.160 e. The largest absolute Gasteiger partial charge is 0.350 e. The third-order valence-electron chi connectivity index (χ3n) is 3.40. The number of rotatable bonds is 1. The minimum atomic E-state index is 0.114. The molecular weight excluding hydrogens is 176 g/mol. The van der Waals surface area contributed by atoms with E-state index in [9.17, 15) is 0 Å². The molecule has 0 aromatic carbocycles. The minimum absolute atomic E-state index is 0.114. The van der Waals surface area contributed by atoms with Crippen LogP contribution in [0.5, 0.6) is 0 Å². The predicted molar refractivity (Wildman–Crippen MR) is 56.1 cm³/mol. The summed E-state index contributed by atoms with van der Waals surface area (Å²) in [5.74, 6) is 0.667. The van der Waals surface area contributed by atoms with Crippen LogP contribution in [-0.4, -0.2) is 19.0 Å². The molecule has 1 saturated carbocycles. The molecule has 14 heavy (non-hydrogen) atoms. The molecule has 2 atom stereocenters. The zero-order valence-electron chi connectivity index (χ0n) is 9.21. The molecular formula is C12H22O2. The summed E-state index contributed by atoms with van der Waals surface area (Å²) in [5.41, 5.74) is 0. The Morgan fingerprint density at radius 1 is 0.929 bits per heavy atom. The van der Waals surface area contributed by atoms with Gasteiger partial charge in [-0.2, -0.15) is 0 Å². The van der Waals surface area contributed by atoms with Crippen LogP contribution in [0.3, 0.4) is 0 Å². The van der Waals surface area contributed by atoms with Gasteiger partial charge in [0.05, 0.1) is 12.7 Å². The SMILES string of the molecule is CC1COC(C2CCCCCCC2)O1. The van der Waals surface area contributed by atoms with Crippen molar-refractivity contribution < 1.29 is 9.47 Å². The van der Waals surface area contributed by atoms with Gasteiger partial charge in [-0.1, -0.05) is 32.1 Å². The highest BCUT2D eigenvalue weighted by Crippen LogP contribution is 2.29. The highest BCUT2D eigenvalue weighted by molar-refractivity contribution is 4.71.